The molecule has 0 radical (unpaired) electrons. The summed E-state index contributed by atoms with van der Waals surface area (Å²) in [5, 5.41) is 19.8. The fraction of sp³-hybridized carbons (Fsp3) is 0.462. The lowest BCUT2D eigenvalue weighted by Crippen LogP contribution is -2.32. The van der Waals surface area contributed by atoms with Gasteiger partial charge in [-0.1, -0.05) is 0 Å². The van der Waals surface area contributed by atoms with E-state index >= 15 is 0 Å². The lowest BCUT2D eigenvalue weighted by Gasteiger charge is -2.23. The predicted molar refractivity (Wildman–Crippen MR) is 70.6 cm³/mol. The van der Waals surface area contributed by atoms with Gasteiger partial charge in [0.2, 0.25) is 0 Å². The summed E-state index contributed by atoms with van der Waals surface area (Å²) in [6.45, 7) is 1.98. The third-order valence-electron chi connectivity index (χ3n) is 3.79. The number of carboxylic acids is 1. The van der Waals surface area contributed by atoms with Crippen LogP contribution in [0.25, 0.3) is 0 Å². The number of benzene rings is 1. The summed E-state index contributed by atoms with van der Waals surface area (Å²) in [4.78, 5) is 22.7. The Bertz CT molecular complexity index is 594. The summed E-state index contributed by atoms with van der Waals surface area (Å²) in [6.07, 6.45) is -2.53. The van der Waals surface area contributed by atoms with Crippen LogP contribution in [-0.4, -0.2) is 29.1 Å². The first-order valence-corrected chi connectivity index (χ1v) is 6.29. The van der Waals surface area contributed by atoms with Gasteiger partial charge in [-0.3, -0.25) is 14.9 Å². The number of non-ortho nitro benzene ring substituents is 1. The van der Waals surface area contributed by atoms with Gasteiger partial charge in [0.25, 0.3) is 12.1 Å². The molecule has 2 rings (SSSR count). The summed E-state index contributed by atoms with van der Waals surface area (Å²) in [5.41, 5.74) is -1.70. The summed E-state index contributed by atoms with van der Waals surface area (Å²) in [7, 11) is 0. The molecule has 1 unspecified atom stereocenters. The van der Waals surface area contributed by atoms with E-state index in [2.05, 4.69) is 0 Å². The van der Waals surface area contributed by atoms with Crippen LogP contribution in [0, 0.1) is 15.5 Å². The molecule has 114 valence electrons. The van der Waals surface area contributed by atoms with Crippen LogP contribution in [0.2, 0.25) is 0 Å². The number of halogens is 2. The molecule has 0 bridgehead atoms. The number of nitro benzene ring substituents is 1. The number of hydrogen-bond donors (Lipinski definition) is 1. The molecule has 0 aliphatic carbocycles. The minimum atomic E-state index is -2.86. The van der Waals surface area contributed by atoms with Gasteiger partial charge in [-0.25, -0.2) is 8.78 Å². The van der Waals surface area contributed by atoms with Crippen LogP contribution in [0.4, 0.5) is 20.2 Å². The normalized spacial score (nSPS) is 21.8. The maximum absolute atomic E-state index is 13.1. The fourth-order valence-electron chi connectivity index (χ4n) is 2.46. The maximum atomic E-state index is 13.1. The number of anilines is 1. The molecule has 1 N–H and O–H groups in total. The van der Waals surface area contributed by atoms with Crippen LogP contribution in [-0.2, 0) is 4.79 Å². The Kier molecular flexibility index (Phi) is 3.80. The molecule has 1 heterocycles. The number of aliphatic carboxylic acids is 1. The highest BCUT2D eigenvalue weighted by Gasteiger charge is 2.41. The van der Waals surface area contributed by atoms with Crippen molar-refractivity contribution in [2.24, 2.45) is 5.41 Å². The van der Waals surface area contributed by atoms with Gasteiger partial charge < -0.3 is 10.0 Å². The highest BCUT2D eigenvalue weighted by Crippen LogP contribution is 2.39. The molecule has 0 aromatic heterocycles. The Morgan fingerprint density at radius 2 is 2.19 bits per heavy atom. The van der Waals surface area contributed by atoms with Crippen LogP contribution in [0.15, 0.2) is 18.2 Å². The van der Waals surface area contributed by atoms with Gasteiger partial charge >= 0.3 is 5.97 Å². The molecule has 1 aromatic rings. The fourth-order valence-corrected chi connectivity index (χ4v) is 2.46. The molecule has 1 aliphatic rings. The van der Waals surface area contributed by atoms with Gasteiger partial charge in [-0.2, -0.15) is 0 Å². The molecule has 1 aliphatic heterocycles. The number of alkyl halides is 2. The lowest BCUT2D eigenvalue weighted by molar-refractivity contribution is -0.385. The Morgan fingerprint density at radius 3 is 2.67 bits per heavy atom. The summed E-state index contributed by atoms with van der Waals surface area (Å²) in [6, 6.07) is 3.25. The highest BCUT2D eigenvalue weighted by atomic mass is 19.3. The number of hydrogen-bond acceptors (Lipinski definition) is 4. The molecule has 1 atom stereocenters. The Labute approximate surface area is 119 Å². The van der Waals surface area contributed by atoms with Crippen molar-refractivity contribution >= 4 is 17.3 Å². The first-order valence-electron chi connectivity index (χ1n) is 6.29. The maximum Gasteiger partial charge on any atom is 0.311 e. The molecule has 0 amide bonds. The minimum Gasteiger partial charge on any atom is -0.481 e. The second-order valence-corrected chi connectivity index (χ2v) is 5.34. The zero-order valence-corrected chi connectivity index (χ0v) is 11.3. The lowest BCUT2D eigenvalue weighted by atomic mass is 9.90. The van der Waals surface area contributed by atoms with Crippen LogP contribution < -0.4 is 4.90 Å². The largest absolute Gasteiger partial charge is 0.481 e. The first-order chi connectivity index (χ1) is 9.74. The van der Waals surface area contributed by atoms with E-state index in [4.69, 9.17) is 5.11 Å². The Hall–Kier alpha value is -2.25. The van der Waals surface area contributed by atoms with E-state index in [1.165, 1.54) is 6.07 Å². The van der Waals surface area contributed by atoms with E-state index in [0.717, 1.165) is 12.1 Å². The standard InChI is InChI=1S/C13H14F2N2O4/c1-13(12(18)19)4-5-16(7-13)10-3-2-8(17(20)21)6-9(10)11(14)15/h2-3,6,11H,4-5,7H2,1H3,(H,18,19). The van der Waals surface area contributed by atoms with Crippen LogP contribution in [0.5, 0.6) is 0 Å². The molecule has 1 aromatic carbocycles. The summed E-state index contributed by atoms with van der Waals surface area (Å²) < 4.78 is 26.2. The molecule has 8 heteroatoms. The zero-order chi connectivity index (χ0) is 15.8. The highest BCUT2D eigenvalue weighted by molar-refractivity contribution is 5.76. The van der Waals surface area contributed by atoms with Gasteiger partial charge in [-0.15, -0.1) is 0 Å². The number of nitro groups is 1. The van der Waals surface area contributed by atoms with Gasteiger partial charge in [0.1, 0.15) is 0 Å². The number of rotatable bonds is 4. The van der Waals surface area contributed by atoms with E-state index in [0.29, 0.717) is 13.0 Å². The Balaban J connectivity index is 2.37. The number of carbonyl (C=O) groups is 1. The van der Waals surface area contributed by atoms with E-state index in [9.17, 15) is 23.7 Å². The SMILES string of the molecule is CC1(C(=O)O)CCN(c2ccc([N+](=O)[O-])cc2C(F)F)C1. The number of carboxylic acid groups (broad SMARTS) is 1. The molecular weight excluding hydrogens is 286 g/mol. The predicted octanol–water partition coefficient (Wildman–Crippen LogP) is 2.83. The summed E-state index contributed by atoms with van der Waals surface area (Å²) in [5.74, 6) is -0.981. The monoisotopic (exact) mass is 300 g/mol. The Morgan fingerprint density at radius 1 is 1.52 bits per heavy atom. The third-order valence-corrected chi connectivity index (χ3v) is 3.79. The topological polar surface area (TPSA) is 83.7 Å². The molecule has 21 heavy (non-hydrogen) atoms. The van der Waals surface area contributed by atoms with Crippen molar-refractivity contribution in [2.45, 2.75) is 19.8 Å². The molecule has 1 saturated heterocycles. The smallest absolute Gasteiger partial charge is 0.311 e. The van der Waals surface area contributed by atoms with Crippen molar-refractivity contribution < 1.29 is 23.6 Å². The van der Waals surface area contributed by atoms with Crippen LogP contribution in [0.3, 0.4) is 0 Å². The van der Waals surface area contributed by atoms with E-state index in [-0.39, 0.29) is 12.2 Å². The number of nitrogens with zero attached hydrogens (tertiary/aromatic N) is 2. The summed E-state index contributed by atoms with van der Waals surface area (Å²) >= 11 is 0. The second-order valence-electron chi connectivity index (χ2n) is 5.34. The van der Waals surface area contributed by atoms with Gasteiger partial charge in [0.15, 0.2) is 0 Å². The van der Waals surface area contributed by atoms with E-state index in [1.807, 2.05) is 0 Å². The van der Waals surface area contributed by atoms with Gasteiger partial charge in [0, 0.05) is 36.5 Å². The van der Waals surface area contributed by atoms with Gasteiger partial charge in [-0.05, 0) is 19.4 Å². The van der Waals surface area contributed by atoms with Crippen molar-refractivity contribution in [3.63, 3.8) is 0 Å². The second kappa shape index (κ2) is 5.27. The molecule has 0 spiro atoms. The third kappa shape index (κ3) is 2.79. The quantitative estimate of drug-likeness (QED) is 0.682. The van der Waals surface area contributed by atoms with Crippen molar-refractivity contribution in [3.05, 3.63) is 33.9 Å². The molecule has 1 fully saturated rings. The molecule has 0 saturated carbocycles. The average molecular weight is 300 g/mol. The zero-order valence-electron chi connectivity index (χ0n) is 11.3. The van der Waals surface area contributed by atoms with Crippen LogP contribution >= 0.6 is 0 Å². The van der Waals surface area contributed by atoms with Crippen molar-refractivity contribution in [2.75, 3.05) is 18.0 Å². The van der Waals surface area contributed by atoms with Crippen molar-refractivity contribution in [1.82, 2.24) is 0 Å². The van der Waals surface area contributed by atoms with E-state index in [1.54, 1.807) is 11.8 Å². The van der Waals surface area contributed by atoms with Crippen molar-refractivity contribution in [3.8, 4) is 0 Å². The van der Waals surface area contributed by atoms with Crippen LogP contribution in [0.1, 0.15) is 25.3 Å². The van der Waals surface area contributed by atoms with Gasteiger partial charge in [0.05, 0.1) is 10.3 Å². The van der Waals surface area contributed by atoms with E-state index < -0.39 is 34.0 Å². The minimum absolute atomic E-state index is 0.0971. The van der Waals surface area contributed by atoms with Crippen molar-refractivity contribution in [1.29, 1.82) is 0 Å². The molecule has 6 nitrogen and oxygen atoms in total. The average Bonchev–Trinajstić information content (AvgIpc) is 2.82. The molecular formula is C13H14F2N2O4. The first kappa shape index (κ1) is 15.1.